The zero-order chi connectivity index (χ0) is 19.2. The minimum Gasteiger partial charge on any atom is -0.382 e. The summed E-state index contributed by atoms with van der Waals surface area (Å²) in [7, 11) is 0. The highest BCUT2D eigenvalue weighted by molar-refractivity contribution is 7.99. The average Bonchev–Trinajstić information content (AvgIpc) is 2.66. The number of nitrogens with one attached hydrogen (secondary N) is 2. The van der Waals surface area contributed by atoms with E-state index in [1.807, 2.05) is 0 Å². The Balaban J connectivity index is 1.61. The van der Waals surface area contributed by atoms with E-state index in [2.05, 4.69) is 20.2 Å². The van der Waals surface area contributed by atoms with Gasteiger partial charge in [-0.2, -0.15) is 0 Å². The number of anilines is 2. The molecule has 0 bridgehead atoms. The van der Waals surface area contributed by atoms with Crippen LogP contribution in [0.25, 0.3) is 0 Å². The number of nitrogens with zero attached hydrogens (tertiary/aromatic N) is 2. The van der Waals surface area contributed by atoms with Crippen LogP contribution in [0, 0.1) is 5.82 Å². The Labute approximate surface area is 159 Å². The summed E-state index contributed by atoms with van der Waals surface area (Å²) in [5.74, 6) is -0.349. The van der Waals surface area contributed by atoms with Crippen LogP contribution >= 0.6 is 11.8 Å². The molecule has 144 valence electrons. The van der Waals surface area contributed by atoms with E-state index in [1.165, 1.54) is 23.9 Å². The second-order valence-corrected chi connectivity index (χ2v) is 6.98. The van der Waals surface area contributed by atoms with Crippen molar-refractivity contribution in [1.29, 1.82) is 0 Å². The summed E-state index contributed by atoms with van der Waals surface area (Å²) in [6.07, 6.45) is 0. The van der Waals surface area contributed by atoms with E-state index in [0.29, 0.717) is 5.16 Å². The topological polar surface area (TPSA) is 113 Å². The van der Waals surface area contributed by atoms with Crippen LogP contribution in [0.2, 0.25) is 0 Å². The molecule has 0 saturated carbocycles. The van der Waals surface area contributed by atoms with Gasteiger partial charge in [0.25, 0.3) is 11.5 Å². The molecular weight excluding hydrogens is 373 g/mol. The Bertz CT molecular complexity index is 853. The summed E-state index contributed by atoms with van der Waals surface area (Å²) in [5, 5.41) is 2.82. The van der Waals surface area contributed by atoms with Gasteiger partial charge in [0.1, 0.15) is 11.5 Å². The van der Waals surface area contributed by atoms with Gasteiger partial charge in [0.15, 0.2) is 11.0 Å². The van der Waals surface area contributed by atoms with Gasteiger partial charge in [-0.05, 0) is 24.3 Å². The highest BCUT2D eigenvalue weighted by atomic mass is 32.2. The Hall–Kier alpha value is -2.43. The number of benzene rings is 1. The molecule has 0 atom stereocenters. The highest BCUT2D eigenvalue weighted by Crippen LogP contribution is 2.17. The maximum atomic E-state index is 12.9. The molecule has 0 spiro atoms. The van der Waals surface area contributed by atoms with Gasteiger partial charge in [-0.15, -0.1) is 0 Å². The first-order valence-electron chi connectivity index (χ1n) is 8.42. The normalized spacial score (nSPS) is 14.9. The number of amides is 1. The molecule has 1 aliphatic heterocycles. The summed E-state index contributed by atoms with van der Waals surface area (Å²) >= 11 is 1.38. The fourth-order valence-electron chi connectivity index (χ4n) is 2.54. The van der Waals surface area contributed by atoms with Gasteiger partial charge in [0.2, 0.25) is 0 Å². The molecule has 0 radical (unpaired) electrons. The fourth-order valence-corrected chi connectivity index (χ4v) is 3.41. The van der Waals surface area contributed by atoms with Crippen molar-refractivity contribution in [3.8, 4) is 0 Å². The lowest BCUT2D eigenvalue weighted by atomic mass is 10.2. The van der Waals surface area contributed by atoms with Crippen molar-refractivity contribution in [3.05, 3.63) is 46.0 Å². The summed E-state index contributed by atoms with van der Waals surface area (Å²) in [4.78, 5) is 33.5. The van der Waals surface area contributed by atoms with Crippen LogP contribution in [0.15, 0.2) is 34.2 Å². The summed E-state index contributed by atoms with van der Waals surface area (Å²) in [5.41, 5.74) is 5.39. The van der Waals surface area contributed by atoms with Crippen LogP contribution in [0.5, 0.6) is 0 Å². The first-order chi connectivity index (χ1) is 13.0. The van der Waals surface area contributed by atoms with Crippen LogP contribution in [-0.2, 0) is 4.74 Å². The van der Waals surface area contributed by atoms with Crippen molar-refractivity contribution in [2.24, 2.45) is 0 Å². The predicted octanol–water partition coefficient (Wildman–Crippen LogP) is 1.17. The second-order valence-electron chi connectivity index (χ2n) is 5.89. The number of nitrogen functional groups attached to an aromatic ring is 1. The van der Waals surface area contributed by atoms with Crippen molar-refractivity contribution >= 4 is 29.2 Å². The summed E-state index contributed by atoms with van der Waals surface area (Å²) in [6.45, 7) is 4.09. The van der Waals surface area contributed by atoms with E-state index in [-0.39, 0.29) is 17.1 Å². The molecule has 1 fully saturated rings. The molecule has 1 aromatic heterocycles. The van der Waals surface area contributed by atoms with E-state index in [4.69, 9.17) is 10.5 Å². The molecule has 1 amide bonds. The number of aromatic amines is 1. The lowest BCUT2D eigenvalue weighted by Crippen LogP contribution is -2.37. The number of rotatable bonds is 6. The predicted molar refractivity (Wildman–Crippen MR) is 102 cm³/mol. The quantitative estimate of drug-likeness (QED) is 0.499. The second kappa shape index (κ2) is 8.98. The fraction of sp³-hybridized carbons (Fsp3) is 0.353. The number of H-pyrrole nitrogens is 1. The van der Waals surface area contributed by atoms with Gasteiger partial charge in [-0.25, -0.2) is 9.37 Å². The molecular formula is C17H20FN5O3S. The Morgan fingerprint density at radius 2 is 2.04 bits per heavy atom. The summed E-state index contributed by atoms with van der Waals surface area (Å²) in [6, 6.07) is 4.96. The SMILES string of the molecule is Nc1nc(SCCN2CCOCC2)[nH]c(=O)c1NC(=O)c1ccc(F)cc1. The molecule has 0 aliphatic carbocycles. The van der Waals surface area contributed by atoms with Crippen molar-refractivity contribution in [1.82, 2.24) is 14.9 Å². The first-order valence-corrected chi connectivity index (χ1v) is 9.41. The van der Waals surface area contributed by atoms with Crippen LogP contribution < -0.4 is 16.6 Å². The van der Waals surface area contributed by atoms with Gasteiger partial charge in [-0.3, -0.25) is 19.5 Å². The van der Waals surface area contributed by atoms with Gasteiger partial charge in [-0.1, -0.05) is 11.8 Å². The monoisotopic (exact) mass is 393 g/mol. The molecule has 0 unspecified atom stereocenters. The molecule has 8 nitrogen and oxygen atoms in total. The third kappa shape index (κ3) is 5.28. The van der Waals surface area contributed by atoms with Crippen LogP contribution in [0.3, 0.4) is 0 Å². The maximum Gasteiger partial charge on any atom is 0.277 e. The van der Waals surface area contributed by atoms with Gasteiger partial charge in [0, 0.05) is 31.0 Å². The number of thioether (sulfide) groups is 1. The Kier molecular flexibility index (Phi) is 6.43. The van der Waals surface area contributed by atoms with Crippen molar-refractivity contribution < 1.29 is 13.9 Å². The third-order valence-corrected chi connectivity index (χ3v) is 4.87. The molecule has 3 rings (SSSR count). The van der Waals surface area contributed by atoms with Crippen molar-refractivity contribution in [2.75, 3.05) is 49.7 Å². The molecule has 1 aromatic carbocycles. The number of hydrogen-bond acceptors (Lipinski definition) is 7. The summed E-state index contributed by atoms with van der Waals surface area (Å²) < 4.78 is 18.2. The zero-order valence-corrected chi connectivity index (χ0v) is 15.4. The molecule has 10 heteroatoms. The highest BCUT2D eigenvalue weighted by Gasteiger charge is 2.15. The first kappa shape index (κ1) is 19.3. The number of carbonyl (C=O) groups excluding carboxylic acids is 1. The standard InChI is InChI=1S/C17H20FN5O3S/c18-12-3-1-11(2-4-12)15(24)20-13-14(19)21-17(22-16(13)25)27-10-7-23-5-8-26-9-6-23/h1-4H,5-10H2,(H,20,24)(H3,19,21,22,25). The molecule has 27 heavy (non-hydrogen) atoms. The third-order valence-electron chi connectivity index (χ3n) is 4.02. The van der Waals surface area contributed by atoms with Gasteiger partial charge < -0.3 is 15.8 Å². The Morgan fingerprint density at radius 3 is 2.70 bits per heavy atom. The van der Waals surface area contributed by atoms with E-state index >= 15 is 0 Å². The number of carbonyl (C=O) groups is 1. The number of halogens is 1. The van der Waals surface area contributed by atoms with E-state index in [1.54, 1.807) is 0 Å². The van der Waals surface area contributed by atoms with Gasteiger partial charge >= 0.3 is 0 Å². The number of nitrogens with two attached hydrogens (primary N) is 1. The minimum absolute atomic E-state index is 0.0666. The Morgan fingerprint density at radius 1 is 1.33 bits per heavy atom. The van der Waals surface area contributed by atoms with E-state index in [0.717, 1.165) is 50.7 Å². The largest absolute Gasteiger partial charge is 0.382 e. The molecule has 1 aliphatic rings. The van der Waals surface area contributed by atoms with Crippen molar-refractivity contribution in [2.45, 2.75) is 5.16 Å². The number of hydrogen-bond donors (Lipinski definition) is 3. The maximum absolute atomic E-state index is 12.9. The molecule has 2 heterocycles. The van der Waals surface area contributed by atoms with Crippen LogP contribution in [-0.4, -0.2) is 59.4 Å². The van der Waals surface area contributed by atoms with E-state index < -0.39 is 17.3 Å². The average molecular weight is 393 g/mol. The molecule has 2 aromatic rings. The van der Waals surface area contributed by atoms with Crippen molar-refractivity contribution in [3.63, 3.8) is 0 Å². The number of morpholine rings is 1. The number of ether oxygens (including phenoxy) is 1. The molecule has 4 N–H and O–H groups in total. The lowest BCUT2D eigenvalue weighted by Gasteiger charge is -2.26. The van der Waals surface area contributed by atoms with Crippen LogP contribution in [0.4, 0.5) is 15.9 Å². The lowest BCUT2D eigenvalue weighted by molar-refractivity contribution is 0.0410. The smallest absolute Gasteiger partial charge is 0.277 e. The van der Waals surface area contributed by atoms with E-state index in [9.17, 15) is 14.0 Å². The number of aromatic nitrogens is 2. The molecule has 1 saturated heterocycles. The minimum atomic E-state index is -0.568. The van der Waals surface area contributed by atoms with Gasteiger partial charge in [0.05, 0.1) is 13.2 Å². The van der Waals surface area contributed by atoms with Crippen LogP contribution in [0.1, 0.15) is 10.4 Å². The zero-order valence-electron chi connectivity index (χ0n) is 14.5.